The molecule has 0 atom stereocenters. The van der Waals surface area contributed by atoms with Crippen LogP contribution in [0.25, 0.3) is 0 Å². The Morgan fingerprint density at radius 1 is 0.694 bits per heavy atom. The quantitative estimate of drug-likeness (QED) is 0.281. The Labute approximate surface area is 218 Å². The van der Waals surface area contributed by atoms with Gasteiger partial charge in [0.2, 0.25) is 5.82 Å². The van der Waals surface area contributed by atoms with Gasteiger partial charge in [-0.25, -0.2) is 4.39 Å². The predicted molar refractivity (Wildman–Crippen MR) is 146 cm³/mol. The number of aryl methyl sites for hydroxylation is 1. The summed E-state index contributed by atoms with van der Waals surface area (Å²) in [5, 5.41) is 0. The minimum absolute atomic E-state index is 0.0496. The Balaban J connectivity index is 1.22. The van der Waals surface area contributed by atoms with Crippen LogP contribution in [0.15, 0.2) is 36.4 Å². The van der Waals surface area contributed by atoms with Crippen LogP contribution in [0.4, 0.5) is 8.78 Å². The van der Waals surface area contributed by atoms with Gasteiger partial charge in [0.05, 0.1) is 6.61 Å². The van der Waals surface area contributed by atoms with Gasteiger partial charge in [-0.3, -0.25) is 0 Å². The molecule has 0 saturated heterocycles. The standard InChI is InChI=1S/C33H46F2O/c1-3-5-23-36-31-22-21-30(32(34)33(31)35)29-19-13-26(14-20-29)8-7-25-11-17-28(18-12-25)27-15-9-24(6-4-2)10-16-27/h11-12,17-18,21-22,24,26-27,29H,3-10,13-16,19-20,23H2,1-2H3. The second kappa shape index (κ2) is 13.6. The van der Waals surface area contributed by atoms with Gasteiger partial charge in [0.25, 0.3) is 0 Å². The Hall–Kier alpha value is -1.90. The van der Waals surface area contributed by atoms with Crippen LogP contribution in [0.3, 0.4) is 0 Å². The average Bonchev–Trinajstić information content (AvgIpc) is 2.91. The van der Waals surface area contributed by atoms with Crippen LogP contribution in [-0.2, 0) is 6.42 Å². The fourth-order valence-corrected chi connectivity index (χ4v) is 6.58. The van der Waals surface area contributed by atoms with Gasteiger partial charge < -0.3 is 4.74 Å². The van der Waals surface area contributed by atoms with Gasteiger partial charge >= 0.3 is 0 Å². The summed E-state index contributed by atoms with van der Waals surface area (Å²) in [5.74, 6) is 1.04. The maximum Gasteiger partial charge on any atom is 0.200 e. The molecule has 0 aliphatic heterocycles. The fraction of sp³-hybridized carbons (Fsp3) is 0.636. The highest BCUT2D eigenvalue weighted by atomic mass is 19.2. The Morgan fingerprint density at radius 3 is 1.97 bits per heavy atom. The van der Waals surface area contributed by atoms with E-state index in [1.807, 2.05) is 0 Å². The first-order valence-electron chi connectivity index (χ1n) is 14.8. The summed E-state index contributed by atoms with van der Waals surface area (Å²) in [4.78, 5) is 0. The van der Waals surface area contributed by atoms with Gasteiger partial charge in [0.15, 0.2) is 11.6 Å². The molecule has 2 aromatic carbocycles. The van der Waals surface area contributed by atoms with E-state index in [9.17, 15) is 8.78 Å². The lowest BCUT2D eigenvalue weighted by Gasteiger charge is -2.29. The lowest BCUT2D eigenvalue weighted by molar-refractivity contribution is 0.283. The SMILES string of the molecule is CCCCOc1ccc(C2CCC(CCc3ccc(C4CCC(CCC)CC4)cc3)CC2)c(F)c1F. The molecule has 0 radical (unpaired) electrons. The maximum atomic E-state index is 14.8. The number of halogens is 2. The van der Waals surface area contributed by atoms with Crippen molar-refractivity contribution in [1.82, 2.24) is 0 Å². The van der Waals surface area contributed by atoms with E-state index in [1.165, 1.54) is 56.1 Å². The van der Waals surface area contributed by atoms with Gasteiger partial charge in [0, 0.05) is 0 Å². The van der Waals surface area contributed by atoms with E-state index in [1.54, 1.807) is 12.1 Å². The number of hydrogen-bond acceptors (Lipinski definition) is 1. The summed E-state index contributed by atoms with van der Waals surface area (Å²) in [7, 11) is 0. The highest BCUT2D eigenvalue weighted by molar-refractivity contribution is 5.33. The predicted octanol–water partition coefficient (Wildman–Crippen LogP) is 10.1. The molecule has 0 unspecified atom stereocenters. The summed E-state index contributed by atoms with van der Waals surface area (Å²) < 4.78 is 34.7. The molecule has 1 nitrogen and oxygen atoms in total. The van der Waals surface area contributed by atoms with Crippen LogP contribution >= 0.6 is 0 Å². The van der Waals surface area contributed by atoms with Crippen molar-refractivity contribution in [1.29, 1.82) is 0 Å². The minimum Gasteiger partial charge on any atom is -0.490 e. The first kappa shape index (κ1) is 27.1. The van der Waals surface area contributed by atoms with Crippen LogP contribution in [0.5, 0.6) is 5.75 Å². The normalized spacial score (nSPS) is 24.6. The Morgan fingerprint density at radius 2 is 1.33 bits per heavy atom. The first-order valence-corrected chi connectivity index (χ1v) is 14.8. The number of rotatable bonds is 11. The molecule has 2 aromatic rings. The van der Waals surface area contributed by atoms with Crippen molar-refractivity contribution in [2.24, 2.45) is 11.8 Å². The zero-order chi connectivity index (χ0) is 25.3. The Bertz CT molecular complexity index is 921. The molecule has 36 heavy (non-hydrogen) atoms. The van der Waals surface area contributed by atoms with Crippen LogP contribution in [0.2, 0.25) is 0 Å². The number of hydrogen-bond donors (Lipinski definition) is 0. The summed E-state index contributed by atoms with van der Waals surface area (Å²) in [6.07, 6.45) is 16.4. The van der Waals surface area contributed by atoms with Crippen LogP contribution in [0.1, 0.15) is 126 Å². The molecule has 0 bridgehead atoms. The van der Waals surface area contributed by atoms with Crippen LogP contribution in [-0.4, -0.2) is 6.61 Å². The van der Waals surface area contributed by atoms with E-state index in [4.69, 9.17) is 4.74 Å². The highest BCUT2D eigenvalue weighted by Gasteiger charge is 2.27. The summed E-state index contributed by atoms with van der Waals surface area (Å²) in [6, 6.07) is 12.8. The first-order chi connectivity index (χ1) is 17.6. The summed E-state index contributed by atoms with van der Waals surface area (Å²) in [5.41, 5.74) is 3.51. The molecule has 0 spiro atoms. The van der Waals surface area contributed by atoms with Crippen molar-refractivity contribution < 1.29 is 13.5 Å². The monoisotopic (exact) mass is 496 g/mol. The van der Waals surface area contributed by atoms with Crippen molar-refractivity contribution in [3.63, 3.8) is 0 Å². The highest BCUT2D eigenvalue weighted by Crippen LogP contribution is 2.40. The zero-order valence-corrected chi connectivity index (χ0v) is 22.5. The molecule has 2 aliphatic carbocycles. The molecule has 0 heterocycles. The molecular formula is C33H46F2O. The topological polar surface area (TPSA) is 9.23 Å². The van der Waals surface area contributed by atoms with Crippen molar-refractivity contribution in [2.45, 2.75) is 116 Å². The van der Waals surface area contributed by atoms with Gasteiger partial charge in [-0.2, -0.15) is 4.39 Å². The molecule has 4 rings (SSSR count). The molecule has 0 N–H and O–H groups in total. The average molecular weight is 497 g/mol. The van der Waals surface area contributed by atoms with E-state index in [0.29, 0.717) is 18.1 Å². The van der Waals surface area contributed by atoms with E-state index in [-0.39, 0.29) is 11.7 Å². The molecule has 2 saturated carbocycles. The molecule has 2 aliphatic rings. The lowest BCUT2D eigenvalue weighted by Crippen LogP contribution is -2.16. The van der Waals surface area contributed by atoms with E-state index >= 15 is 0 Å². The van der Waals surface area contributed by atoms with Crippen molar-refractivity contribution >= 4 is 0 Å². The summed E-state index contributed by atoms with van der Waals surface area (Å²) in [6.45, 7) is 4.79. The molecule has 3 heteroatoms. The third kappa shape index (κ3) is 7.11. The second-order valence-corrected chi connectivity index (χ2v) is 11.5. The number of ether oxygens (including phenoxy) is 1. The number of benzene rings is 2. The number of unbranched alkanes of at least 4 members (excludes halogenated alkanes) is 1. The Kier molecular flexibility index (Phi) is 10.2. The third-order valence-electron chi connectivity index (χ3n) is 8.95. The largest absolute Gasteiger partial charge is 0.490 e. The molecule has 198 valence electrons. The molecule has 2 fully saturated rings. The smallest absolute Gasteiger partial charge is 0.200 e. The molecular weight excluding hydrogens is 450 g/mol. The van der Waals surface area contributed by atoms with Crippen LogP contribution in [0, 0.1) is 23.5 Å². The van der Waals surface area contributed by atoms with Crippen molar-refractivity contribution in [2.75, 3.05) is 6.61 Å². The minimum atomic E-state index is -0.817. The van der Waals surface area contributed by atoms with Gasteiger partial charge in [-0.1, -0.05) is 63.4 Å². The molecule has 0 amide bonds. The van der Waals surface area contributed by atoms with Gasteiger partial charge in [-0.15, -0.1) is 0 Å². The third-order valence-corrected chi connectivity index (χ3v) is 8.95. The fourth-order valence-electron chi connectivity index (χ4n) is 6.58. The molecule has 0 aromatic heterocycles. The summed E-state index contributed by atoms with van der Waals surface area (Å²) >= 11 is 0. The zero-order valence-electron chi connectivity index (χ0n) is 22.5. The van der Waals surface area contributed by atoms with Crippen molar-refractivity contribution in [3.05, 3.63) is 64.7 Å². The second-order valence-electron chi connectivity index (χ2n) is 11.5. The van der Waals surface area contributed by atoms with E-state index in [0.717, 1.165) is 56.8 Å². The lowest BCUT2D eigenvalue weighted by atomic mass is 9.76. The van der Waals surface area contributed by atoms with Crippen molar-refractivity contribution in [3.8, 4) is 5.75 Å². The van der Waals surface area contributed by atoms with Crippen LogP contribution < -0.4 is 4.74 Å². The van der Waals surface area contributed by atoms with E-state index in [2.05, 4.69) is 38.1 Å². The van der Waals surface area contributed by atoms with Gasteiger partial charge in [-0.05, 0) is 117 Å². The van der Waals surface area contributed by atoms with E-state index < -0.39 is 11.6 Å². The maximum absolute atomic E-state index is 14.8. The van der Waals surface area contributed by atoms with Gasteiger partial charge in [0.1, 0.15) is 0 Å².